The fraction of sp³-hybridized carbons (Fsp3) is 0.833. The normalized spacial score (nSPS) is 21.0. The van der Waals surface area contributed by atoms with Gasteiger partial charge in [0.25, 0.3) is 0 Å². The Labute approximate surface area is 59.7 Å². The Morgan fingerprint density at radius 3 is 2.90 bits per heavy atom. The fourth-order valence-corrected chi connectivity index (χ4v) is 0.863. The predicted octanol–water partition coefficient (Wildman–Crippen LogP) is 0.431. The molecule has 1 rings (SSSR count). The minimum Gasteiger partial charge on any atom is -0.447 e. The summed E-state index contributed by atoms with van der Waals surface area (Å²) >= 11 is 0. The molecule has 1 aliphatic rings. The maximum absolute atomic E-state index is 10.8. The first-order chi connectivity index (χ1) is 4.75. The van der Waals surface area contributed by atoms with E-state index in [1.807, 2.05) is 6.92 Å². The van der Waals surface area contributed by atoms with Crippen LogP contribution < -0.4 is 0 Å². The Morgan fingerprint density at radius 1 is 1.80 bits per heavy atom. The second kappa shape index (κ2) is 2.88. The van der Waals surface area contributed by atoms with Gasteiger partial charge in [0, 0.05) is 7.11 Å². The average Bonchev–Trinajstić information content (AvgIpc) is 2.34. The molecular formula is C6H11NO3. The molecular weight excluding hydrogens is 134 g/mol. The third-order valence-electron chi connectivity index (χ3n) is 1.57. The molecule has 0 aliphatic carbocycles. The van der Waals surface area contributed by atoms with Gasteiger partial charge in [0.15, 0.2) is 0 Å². The molecule has 1 saturated heterocycles. The van der Waals surface area contributed by atoms with Crippen molar-refractivity contribution in [3.05, 3.63) is 0 Å². The maximum atomic E-state index is 10.8. The largest absolute Gasteiger partial charge is 0.447 e. The minimum absolute atomic E-state index is 0.171. The molecule has 58 valence electrons. The molecule has 0 saturated carbocycles. The third kappa shape index (κ3) is 1.21. The summed E-state index contributed by atoms with van der Waals surface area (Å²) in [7, 11) is 1.57. The number of cyclic esters (lactones) is 1. The van der Waals surface area contributed by atoms with Crippen LogP contribution in [0.3, 0.4) is 0 Å². The summed E-state index contributed by atoms with van der Waals surface area (Å²) in [5.74, 6) is 0. The van der Waals surface area contributed by atoms with Gasteiger partial charge in [0.1, 0.15) is 12.8 Å². The van der Waals surface area contributed by atoms with E-state index < -0.39 is 0 Å². The Bertz CT molecular complexity index is 137. The van der Waals surface area contributed by atoms with Crippen molar-refractivity contribution in [1.82, 2.24) is 4.90 Å². The number of amides is 1. The zero-order chi connectivity index (χ0) is 7.56. The highest BCUT2D eigenvalue weighted by Gasteiger charge is 2.26. The average molecular weight is 145 g/mol. The van der Waals surface area contributed by atoms with E-state index in [9.17, 15) is 4.79 Å². The molecule has 0 N–H and O–H groups in total. The van der Waals surface area contributed by atoms with E-state index in [0.29, 0.717) is 13.2 Å². The number of carbonyl (C=O) groups excluding carboxylic acids is 1. The van der Waals surface area contributed by atoms with E-state index in [2.05, 4.69) is 0 Å². The molecule has 4 heteroatoms. The van der Waals surface area contributed by atoms with Gasteiger partial charge in [-0.25, -0.2) is 4.79 Å². The van der Waals surface area contributed by atoms with Crippen LogP contribution in [0.4, 0.5) is 4.79 Å². The third-order valence-corrected chi connectivity index (χ3v) is 1.57. The van der Waals surface area contributed by atoms with E-state index in [0.717, 1.165) is 0 Å². The van der Waals surface area contributed by atoms with Crippen LogP contribution >= 0.6 is 0 Å². The van der Waals surface area contributed by atoms with E-state index in [-0.39, 0.29) is 12.3 Å². The van der Waals surface area contributed by atoms with Crippen LogP contribution in [0.25, 0.3) is 0 Å². The first-order valence-electron chi connectivity index (χ1n) is 3.22. The highest BCUT2D eigenvalue weighted by atomic mass is 16.6. The first-order valence-corrected chi connectivity index (χ1v) is 3.22. The zero-order valence-electron chi connectivity index (χ0n) is 6.16. The summed E-state index contributed by atoms with van der Waals surface area (Å²) in [5, 5.41) is 0. The number of nitrogens with zero attached hydrogens (tertiary/aromatic N) is 1. The smallest absolute Gasteiger partial charge is 0.412 e. The van der Waals surface area contributed by atoms with E-state index in [1.54, 1.807) is 12.0 Å². The number of carbonyl (C=O) groups is 1. The van der Waals surface area contributed by atoms with Crippen LogP contribution in [0, 0.1) is 0 Å². The summed E-state index contributed by atoms with van der Waals surface area (Å²) in [6.45, 7) is 2.92. The Morgan fingerprint density at radius 2 is 2.50 bits per heavy atom. The zero-order valence-corrected chi connectivity index (χ0v) is 6.16. The lowest BCUT2D eigenvalue weighted by Crippen LogP contribution is -2.34. The molecule has 0 aromatic heterocycles. The maximum Gasteiger partial charge on any atom is 0.412 e. The predicted molar refractivity (Wildman–Crippen MR) is 34.5 cm³/mol. The topological polar surface area (TPSA) is 38.8 Å². The van der Waals surface area contributed by atoms with Crippen LogP contribution in [0.2, 0.25) is 0 Å². The van der Waals surface area contributed by atoms with E-state index in [4.69, 9.17) is 9.47 Å². The number of hydrogen-bond donors (Lipinski definition) is 0. The number of methoxy groups -OCH3 is 1. The molecule has 0 spiro atoms. The second-order valence-corrected chi connectivity index (χ2v) is 2.14. The fourth-order valence-electron chi connectivity index (χ4n) is 0.863. The lowest BCUT2D eigenvalue weighted by molar-refractivity contribution is 0.0118. The van der Waals surface area contributed by atoms with Crippen molar-refractivity contribution in [2.24, 2.45) is 0 Å². The minimum atomic E-state index is -0.283. The lowest BCUT2D eigenvalue weighted by Gasteiger charge is -2.19. The van der Waals surface area contributed by atoms with Gasteiger partial charge in [0.2, 0.25) is 0 Å². The molecule has 1 amide bonds. The van der Waals surface area contributed by atoms with Gasteiger partial charge >= 0.3 is 6.09 Å². The summed E-state index contributed by atoms with van der Waals surface area (Å²) in [6, 6.07) is 0. The molecule has 0 bridgehead atoms. The van der Waals surface area contributed by atoms with Crippen LogP contribution in [-0.4, -0.2) is 37.5 Å². The molecule has 1 atom stereocenters. The van der Waals surface area contributed by atoms with Crippen molar-refractivity contribution in [3.8, 4) is 0 Å². The van der Waals surface area contributed by atoms with Crippen LogP contribution in [0.15, 0.2) is 0 Å². The monoisotopic (exact) mass is 145 g/mol. The van der Waals surface area contributed by atoms with Crippen molar-refractivity contribution in [3.63, 3.8) is 0 Å². The molecule has 1 fully saturated rings. The molecule has 0 radical (unpaired) electrons. The van der Waals surface area contributed by atoms with Crippen molar-refractivity contribution in [2.45, 2.75) is 13.2 Å². The Kier molecular flexibility index (Phi) is 2.11. The first kappa shape index (κ1) is 7.34. The quantitative estimate of drug-likeness (QED) is 0.565. The van der Waals surface area contributed by atoms with Crippen molar-refractivity contribution >= 4 is 6.09 Å². The molecule has 0 aromatic rings. The highest BCUT2D eigenvalue weighted by Crippen LogP contribution is 2.07. The highest BCUT2D eigenvalue weighted by molar-refractivity contribution is 5.69. The standard InChI is InChI=1S/C6H11NO3/c1-5(9-2)7-3-4-10-6(7)8/h5H,3-4H2,1-2H3. The molecule has 4 nitrogen and oxygen atoms in total. The van der Waals surface area contributed by atoms with E-state index >= 15 is 0 Å². The summed E-state index contributed by atoms with van der Waals surface area (Å²) in [4.78, 5) is 12.3. The molecule has 1 heterocycles. The van der Waals surface area contributed by atoms with Crippen molar-refractivity contribution in [1.29, 1.82) is 0 Å². The van der Waals surface area contributed by atoms with Gasteiger partial charge in [-0.3, -0.25) is 4.90 Å². The molecule has 1 unspecified atom stereocenters. The molecule has 1 aliphatic heterocycles. The number of ether oxygens (including phenoxy) is 2. The SMILES string of the molecule is COC(C)N1CCOC1=O. The van der Waals surface area contributed by atoms with Crippen LogP contribution in [0.1, 0.15) is 6.92 Å². The van der Waals surface area contributed by atoms with Crippen molar-refractivity contribution < 1.29 is 14.3 Å². The van der Waals surface area contributed by atoms with Gasteiger partial charge in [-0.2, -0.15) is 0 Å². The lowest BCUT2D eigenvalue weighted by atomic mass is 10.5. The van der Waals surface area contributed by atoms with Gasteiger partial charge in [-0.1, -0.05) is 0 Å². The van der Waals surface area contributed by atoms with Crippen LogP contribution in [0.5, 0.6) is 0 Å². The van der Waals surface area contributed by atoms with Gasteiger partial charge in [-0.05, 0) is 6.92 Å². The van der Waals surface area contributed by atoms with Crippen molar-refractivity contribution in [2.75, 3.05) is 20.3 Å². The van der Waals surface area contributed by atoms with E-state index in [1.165, 1.54) is 0 Å². The van der Waals surface area contributed by atoms with Crippen LogP contribution in [-0.2, 0) is 9.47 Å². The summed E-state index contributed by atoms with van der Waals surface area (Å²) < 4.78 is 9.62. The Balaban J connectivity index is 2.46. The second-order valence-electron chi connectivity index (χ2n) is 2.14. The Hall–Kier alpha value is -0.770. The van der Waals surface area contributed by atoms with Gasteiger partial charge in [-0.15, -0.1) is 0 Å². The number of hydrogen-bond acceptors (Lipinski definition) is 3. The molecule has 10 heavy (non-hydrogen) atoms. The summed E-state index contributed by atoms with van der Waals surface area (Å²) in [6.07, 6.45) is -0.454. The van der Waals surface area contributed by atoms with Gasteiger partial charge in [0.05, 0.1) is 6.54 Å². The number of rotatable bonds is 2. The summed E-state index contributed by atoms with van der Waals surface area (Å²) in [5.41, 5.74) is 0. The van der Waals surface area contributed by atoms with Gasteiger partial charge < -0.3 is 9.47 Å². The molecule has 0 aromatic carbocycles.